The summed E-state index contributed by atoms with van der Waals surface area (Å²) in [5.74, 6) is 0. The number of hydrogen-bond acceptors (Lipinski definition) is 2. The number of hydrogen-bond donors (Lipinski definition) is 1. The van der Waals surface area contributed by atoms with E-state index in [0.717, 1.165) is 5.70 Å². The molecule has 0 saturated carbocycles. The highest BCUT2D eigenvalue weighted by Gasteiger charge is 2.28. The van der Waals surface area contributed by atoms with Gasteiger partial charge in [-0.3, -0.25) is 4.90 Å². The van der Waals surface area contributed by atoms with Crippen molar-refractivity contribution in [1.29, 1.82) is 0 Å². The van der Waals surface area contributed by atoms with Crippen molar-refractivity contribution < 1.29 is 0 Å². The van der Waals surface area contributed by atoms with E-state index < -0.39 is 0 Å². The van der Waals surface area contributed by atoms with Gasteiger partial charge in [-0.1, -0.05) is 72.8 Å². The van der Waals surface area contributed by atoms with E-state index in [1.807, 2.05) is 0 Å². The molecule has 1 aliphatic rings. The predicted molar refractivity (Wildman–Crippen MR) is 116 cm³/mol. The zero-order valence-corrected chi connectivity index (χ0v) is 15.6. The third kappa shape index (κ3) is 2.37. The number of likely N-dealkylation sites (N-methyl/N-ethyl adjacent to an activating group) is 1. The molecule has 2 N–H and O–H groups in total. The van der Waals surface area contributed by atoms with Crippen LogP contribution in [0, 0.1) is 0 Å². The molecule has 0 amide bonds. The molecule has 0 radical (unpaired) electrons. The molecule has 5 rings (SSSR count). The van der Waals surface area contributed by atoms with Gasteiger partial charge in [0.25, 0.3) is 0 Å². The molecule has 0 bridgehead atoms. The summed E-state index contributed by atoms with van der Waals surface area (Å²) in [5, 5.41) is 6.29. The molecule has 1 unspecified atom stereocenters. The Kier molecular flexibility index (Phi) is 3.56. The lowest BCUT2D eigenvalue weighted by atomic mass is 9.82. The highest BCUT2D eigenvalue weighted by Crippen LogP contribution is 2.37. The summed E-state index contributed by atoms with van der Waals surface area (Å²) in [6.45, 7) is 0. The third-order valence-corrected chi connectivity index (χ3v) is 5.63. The Morgan fingerprint density at radius 3 is 2.19 bits per heavy atom. The first-order valence-corrected chi connectivity index (χ1v) is 9.32. The fourth-order valence-corrected chi connectivity index (χ4v) is 4.47. The molecule has 1 aliphatic carbocycles. The molecule has 0 aliphatic heterocycles. The molecule has 2 heteroatoms. The SMILES string of the molecule is CN(C)C1C(=Cc2ccccc2)c2ccc3cccc4ccc(c2c34)=C1N. The number of rotatable bonds is 2. The molecule has 0 fully saturated rings. The van der Waals surface area contributed by atoms with Crippen LogP contribution in [0.15, 0.2) is 72.8 Å². The Labute approximate surface area is 159 Å². The summed E-state index contributed by atoms with van der Waals surface area (Å²) in [6.07, 6.45) is 2.28. The van der Waals surface area contributed by atoms with Crippen molar-refractivity contribution >= 4 is 38.9 Å². The maximum atomic E-state index is 6.76. The highest BCUT2D eigenvalue weighted by atomic mass is 15.1. The first kappa shape index (κ1) is 16.1. The Balaban J connectivity index is 1.94. The van der Waals surface area contributed by atoms with Crippen molar-refractivity contribution in [3.05, 3.63) is 89.1 Å². The molecular weight excluding hydrogens is 328 g/mol. The molecular formula is C25H22N2. The minimum absolute atomic E-state index is 0.0556. The van der Waals surface area contributed by atoms with E-state index in [2.05, 4.69) is 97.9 Å². The van der Waals surface area contributed by atoms with Crippen LogP contribution in [0.1, 0.15) is 11.1 Å². The van der Waals surface area contributed by atoms with E-state index in [1.165, 1.54) is 43.5 Å². The summed E-state index contributed by atoms with van der Waals surface area (Å²) in [7, 11) is 4.20. The Hall–Kier alpha value is -3.10. The maximum Gasteiger partial charge on any atom is 0.0756 e. The molecule has 4 aromatic carbocycles. The van der Waals surface area contributed by atoms with Crippen molar-refractivity contribution in [2.24, 2.45) is 5.73 Å². The van der Waals surface area contributed by atoms with Gasteiger partial charge in [-0.2, -0.15) is 0 Å². The average molecular weight is 350 g/mol. The topological polar surface area (TPSA) is 29.3 Å². The van der Waals surface area contributed by atoms with Gasteiger partial charge in [-0.15, -0.1) is 0 Å². The average Bonchev–Trinajstić information content (AvgIpc) is 2.68. The molecule has 27 heavy (non-hydrogen) atoms. The van der Waals surface area contributed by atoms with Gasteiger partial charge in [0.2, 0.25) is 0 Å². The van der Waals surface area contributed by atoms with Gasteiger partial charge in [0.1, 0.15) is 0 Å². The molecule has 0 heterocycles. The van der Waals surface area contributed by atoms with Crippen LogP contribution in [-0.4, -0.2) is 25.0 Å². The summed E-state index contributed by atoms with van der Waals surface area (Å²) < 4.78 is 0. The number of nitrogens with two attached hydrogens (primary N) is 1. The molecule has 4 aromatic rings. The van der Waals surface area contributed by atoms with Crippen molar-refractivity contribution in [3.8, 4) is 0 Å². The van der Waals surface area contributed by atoms with Gasteiger partial charge in [-0.05, 0) is 58.4 Å². The monoisotopic (exact) mass is 350 g/mol. The quantitative estimate of drug-likeness (QED) is 0.585. The van der Waals surface area contributed by atoms with Gasteiger partial charge in [0, 0.05) is 10.9 Å². The van der Waals surface area contributed by atoms with Crippen molar-refractivity contribution in [1.82, 2.24) is 4.90 Å². The van der Waals surface area contributed by atoms with E-state index in [0.29, 0.717) is 0 Å². The standard InChI is InChI=1S/C25H22N2/c1-27(2)25-21(15-16-7-4-3-5-8-16)19-13-11-17-9-6-10-18-12-14-20(24(25)26)23(19)22(17)18/h3-15,25H,26H2,1-2H3. The van der Waals surface area contributed by atoms with E-state index in [9.17, 15) is 0 Å². The van der Waals surface area contributed by atoms with Crippen molar-refractivity contribution in [3.63, 3.8) is 0 Å². The summed E-state index contributed by atoms with van der Waals surface area (Å²) in [4.78, 5) is 2.21. The number of nitrogens with zero attached hydrogens (tertiary/aromatic N) is 1. The number of benzene rings is 4. The van der Waals surface area contributed by atoms with Gasteiger partial charge in [0.15, 0.2) is 0 Å². The first-order chi connectivity index (χ1) is 13.1. The summed E-state index contributed by atoms with van der Waals surface area (Å²) in [5.41, 5.74) is 11.4. The van der Waals surface area contributed by atoms with Crippen LogP contribution in [0.3, 0.4) is 0 Å². The first-order valence-electron chi connectivity index (χ1n) is 9.32. The lowest BCUT2D eigenvalue weighted by molar-refractivity contribution is 0.404. The van der Waals surface area contributed by atoms with E-state index >= 15 is 0 Å². The second-order valence-corrected chi connectivity index (χ2v) is 7.51. The van der Waals surface area contributed by atoms with Crippen LogP contribution in [0.2, 0.25) is 0 Å². The lowest BCUT2D eigenvalue weighted by Crippen LogP contribution is -2.39. The zero-order valence-electron chi connectivity index (χ0n) is 15.6. The van der Waals surface area contributed by atoms with Crippen molar-refractivity contribution in [2.45, 2.75) is 6.04 Å². The van der Waals surface area contributed by atoms with E-state index in [1.54, 1.807) is 0 Å². The molecule has 2 nitrogen and oxygen atoms in total. The molecule has 0 saturated heterocycles. The highest BCUT2D eigenvalue weighted by molar-refractivity contribution is 6.17. The Bertz CT molecular complexity index is 1230. The van der Waals surface area contributed by atoms with Crippen LogP contribution in [0.4, 0.5) is 0 Å². The second kappa shape index (κ2) is 5.97. The van der Waals surface area contributed by atoms with Crippen LogP contribution >= 0.6 is 0 Å². The van der Waals surface area contributed by atoms with Crippen LogP contribution in [-0.2, 0) is 0 Å². The van der Waals surface area contributed by atoms with E-state index in [4.69, 9.17) is 5.73 Å². The van der Waals surface area contributed by atoms with Gasteiger partial charge in [-0.25, -0.2) is 0 Å². The predicted octanol–water partition coefficient (Wildman–Crippen LogP) is 4.26. The second-order valence-electron chi connectivity index (χ2n) is 7.51. The normalized spacial score (nSPS) is 18.1. The third-order valence-electron chi connectivity index (χ3n) is 5.63. The summed E-state index contributed by atoms with van der Waals surface area (Å²) >= 11 is 0. The summed E-state index contributed by atoms with van der Waals surface area (Å²) in [6, 6.07) is 25.9. The van der Waals surface area contributed by atoms with Gasteiger partial charge < -0.3 is 5.73 Å². The largest absolute Gasteiger partial charge is 0.400 e. The smallest absolute Gasteiger partial charge is 0.0756 e. The maximum absolute atomic E-state index is 6.76. The van der Waals surface area contributed by atoms with Crippen LogP contribution < -0.4 is 11.0 Å². The minimum atomic E-state index is 0.0556. The molecule has 0 aromatic heterocycles. The molecule has 0 spiro atoms. The molecule has 132 valence electrons. The fraction of sp³-hybridized carbons (Fsp3) is 0.120. The van der Waals surface area contributed by atoms with Gasteiger partial charge >= 0.3 is 0 Å². The Morgan fingerprint density at radius 2 is 1.48 bits per heavy atom. The van der Waals surface area contributed by atoms with Crippen molar-refractivity contribution in [2.75, 3.05) is 14.1 Å². The van der Waals surface area contributed by atoms with Crippen LogP contribution in [0.25, 0.3) is 38.9 Å². The van der Waals surface area contributed by atoms with Gasteiger partial charge in [0.05, 0.1) is 6.04 Å². The van der Waals surface area contributed by atoms with E-state index in [-0.39, 0.29) is 6.04 Å². The zero-order chi connectivity index (χ0) is 18.5. The molecule has 1 atom stereocenters. The lowest BCUT2D eigenvalue weighted by Gasteiger charge is -2.32. The van der Waals surface area contributed by atoms with Crippen LogP contribution in [0.5, 0.6) is 0 Å². The minimum Gasteiger partial charge on any atom is -0.400 e. The fourth-order valence-electron chi connectivity index (χ4n) is 4.47. The Morgan fingerprint density at radius 1 is 0.778 bits per heavy atom.